The predicted molar refractivity (Wildman–Crippen MR) is 49.6 cm³/mol. The number of hydrogen-bond acceptors (Lipinski definition) is 2. The molecule has 1 heterocycles. The van der Waals surface area contributed by atoms with Crippen molar-refractivity contribution in [2.45, 2.75) is 0 Å². The van der Waals surface area contributed by atoms with Gasteiger partial charge in [-0.15, -0.1) is 0 Å². The monoisotopic (exact) mass is 195 g/mol. The van der Waals surface area contributed by atoms with Crippen LogP contribution in [0, 0.1) is 0 Å². The highest BCUT2D eigenvalue weighted by Crippen LogP contribution is 2.21. The highest BCUT2D eigenvalue weighted by Gasteiger charge is 2.08. The van der Waals surface area contributed by atoms with Gasteiger partial charge in [-0.1, -0.05) is 11.6 Å². The zero-order chi connectivity index (χ0) is 9.42. The van der Waals surface area contributed by atoms with Crippen LogP contribution >= 0.6 is 11.6 Å². The zero-order valence-corrected chi connectivity index (χ0v) is 7.30. The van der Waals surface area contributed by atoms with Crippen molar-refractivity contribution in [3.8, 4) is 0 Å². The van der Waals surface area contributed by atoms with Crippen molar-refractivity contribution in [2.24, 2.45) is 5.73 Å². The summed E-state index contributed by atoms with van der Waals surface area (Å²) in [5.41, 5.74) is 6.87. The standard InChI is InChI=1S/C8H6ClN3O/c9-5-2-7-6(11-3-12-7)1-4(5)8(10)13/h1-3H,(H2,10,13)(H,11,12). The molecule has 0 spiro atoms. The number of amides is 1. The molecule has 0 aliphatic carbocycles. The Bertz CT molecular complexity index is 477. The SMILES string of the molecule is NC(=O)c1cc2nc[nH]c2cc1Cl. The number of fused-ring (bicyclic) bond motifs is 1. The number of carbonyl (C=O) groups excluding carboxylic acids is 1. The van der Waals surface area contributed by atoms with Gasteiger partial charge in [0, 0.05) is 0 Å². The van der Waals surface area contributed by atoms with E-state index >= 15 is 0 Å². The van der Waals surface area contributed by atoms with Crippen LogP contribution < -0.4 is 5.73 Å². The Hall–Kier alpha value is -1.55. The Morgan fingerprint density at radius 3 is 3.00 bits per heavy atom. The number of aromatic amines is 1. The number of hydrogen-bond donors (Lipinski definition) is 2. The summed E-state index contributed by atoms with van der Waals surface area (Å²) in [6.07, 6.45) is 1.53. The Labute approximate surface area is 78.7 Å². The number of rotatable bonds is 1. The molecule has 0 unspecified atom stereocenters. The van der Waals surface area contributed by atoms with E-state index in [0.29, 0.717) is 16.1 Å². The molecular weight excluding hydrogens is 190 g/mol. The first-order valence-corrected chi connectivity index (χ1v) is 3.98. The fourth-order valence-corrected chi connectivity index (χ4v) is 1.40. The van der Waals surface area contributed by atoms with Crippen molar-refractivity contribution in [2.75, 3.05) is 0 Å². The molecular formula is C8H6ClN3O. The van der Waals surface area contributed by atoms with E-state index in [1.54, 1.807) is 12.1 Å². The van der Waals surface area contributed by atoms with Gasteiger partial charge in [0.25, 0.3) is 0 Å². The Morgan fingerprint density at radius 1 is 1.54 bits per heavy atom. The second-order valence-electron chi connectivity index (χ2n) is 2.62. The third-order valence-electron chi connectivity index (χ3n) is 1.77. The van der Waals surface area contributed by atoms with Crippen LogP contribution in [0.2, 0.25) is 5.02 Å². The van der Waals surface area contributed by atoms with Crippen LogP contribution in [0.15, 0.2) is 18.5 Å². The summed E-state index contributed by atoms with van der Waals surface area (Å²) < 4.78 is 0. The summed E-state index contributed by atoms with van der Waals surface area (Å²) in [4.78, 5) is 17.7. The molecule has 0 bridgehead atoms. The van der Waals surface area contributed by atoms with E-state index in [-0.39, 0.29) is 0 Å². The van der Waals surface area contributed by atoms with Gasteiger partial charge in [-0.05, 0) is 12.1 Å². The molecule has 3 N–H and O–H groups in total. The van der Waals surface area contributed by atoms with Gasteiger partial charge in [0.05, 0.1) is 27.9 Å². The largest absolute Gasteiger partial charge is 0.366 e. The Balaban J connectivity index is 2.76. The number of primary amides is 1. The fourth-order valence-electron chi connectivity index (χ4n) is 1.14. The lowest BCUT2D eigenvalue weighted by molar-refractivity contribution is 0.100. The van der Waals surface area contributed by atoms with Crippen molar-refractivity contribution >= 4 is 28.5 Å². The molecule has 0 saturated heterocycles. The molecule has 0 fully saturated rings. The first-order valence-electron chi connectivity index (χ1n) is 3.61. The molecule has 0 aliphatic rings. The maximum Gasteiger partial charge on any atom is 0.250 e. The van der Waals surface area contributed by atoms with E-state index in [1.165, 1.54) is 6.33 Å². The smallest absolute Gasteiger partial charge is 0.250 e. The summed E-state index contributed by atoms with van der Waals surface area (Å²) >= 11 is 5.81. The summed E-state index contributed by atoms with van der Waals surface area (Å²) in [7, 11) is 0. The number of halogens is 1. The van der Waals surface area contributed by atoms with Gasteiger partial charge in [0.15, 0.2) is 0 Å². The van der Waals surface area contributed by atoms with E-state index in [0.717, 1.165) is 5.52 Å². The number of imidazole rings is 1. The zero-order valence-electron chi connectivity index (χ0n) is 6.54. The van der Waals surface area contributed by atoms with E-state index < -0.39 is 5.91 Å². The van der Waals surface area contributed by atoms with Crippen molar-refractivity contribution in [1.29, 1.82) is 0 Å². The highest BCUT2D eigenvalue weighted by atomic mass is 35.5. The average Bonchev–Trinajstić information content (AvgIpc) is 2.48. The van der Waals surface area contributed by atoms with E-state index in [1.807, 2.05) is 0 Å². The molecule has 1 aromatic carbocycles. The van der Waals surface area contributed by atoms with Crippen LogP contribution in [0.1, 0.15) is 10.4 Å². The number of nitrogens with one attached hydrogen (secondary N) is 1. The fraction of sp³-hybridized carbons (Fsp3) is 0. The van der Waals surface area contributed by atoms with Crippen LogP contribution in [0.4, 0.5) is 0 Å². The molecule has 2 aromatic rings. The molecule has 0 aliphatic heterocycles. The van der Waals surface area contributed by atoms with E-state index in [2.05, 4.69) is 9.97 Å². The second kappa shape index (κ2) is 2.74. The molecule has 66 valence electrons. The van der Waals surface area contributed by atoms with Crippen molar-refractivity contribution in [1.82, 2.24) is 9.97 Å². The Kier molecular flexibility index (Phi) is 1.70. The lowest BCUT2D eigenvalue weighted by Gasteiger charge is -1.98. The minimum atomic E-state index is -0.546. The predicted octanol–water partition coefficient (Wildman–Crippen LogP) is 1.32. The quantitative estimate of drug-likeness (QED) is 0.720. The van der Waals surface area contributed by atoms with Gasteiger partial charge in [0.2, 0.25) is 5.91 Å². The van der Waals surface area contributed by atoms with Gasteiger partial charge < -0.3 is 10.7 Å². The summed E-state index contributed by atoms with van der Waals surface area (Å²) in [6, 6.07) is 3.19. The van der Waals surface area contributed by atoms with E-state index in [4.69, 9.17) is 17.3 Å². The molecule has 0 radical (unpaired) electrons. The number of carbonyl (C=O) groups is 1. The Morgan fingerprint density at radius 2 is 2.31 bits per heavy atom. The summed E-state index contributed by atoms with van der Waals surface area (Å²) in [6.45, 7) is 0. The molecule has 4 nitrogen and oxygen atoms in total. The molecule has 0 saturated carbocycles. The number of nitrogens with zero attached hydrogens (tertiary/aromatic N) is 1. The third kappa shape index (κ3) is 1.25. The normalized spacial score (nSPS) is 10.5. The lowest BCUT2D eigenvalue weighted by atomic mass is 10.2. The summed E-state index contributed by atoms with van der Waals surface area (Å²) in [5, 5.41) is 0.337. The third-order valence-corrected chi connectivity index (χ3v) is 2.09. The average molecular weight is 196 g/mol. The molecule has 2 rings (SSSR count). The van der Waals surface area contributed by atoms with Gasteiger partial charge in [-0.3, -0.25) is 4.79 Å². The van der Waals surface area contributed by atoms with Crippen LogP contribution in [0.5, 0.6) is 0 Å². The number of nitrogens with two attached hydrogens (primary N) is 1. The first kappa shape index (κ1) is 8.07. The van der Waals surface area contributed by atoms with Crippen LogP contribution in [-0.4, -0.2) is 15.9 Å². The van der Waals surface area contributed by atoms with Gasteiger partial charge in [-0.25, -0.2) is 4.98 Å². The summed E-state index contributed by atoms with van der Waals surface area (Å²) in [5.74, 6) is -0.546. The van der Waals surface area contributed by atoms with Crippen LogP contribution in [0.3, 0.4) is 0 Å². The first-order chi connectivity index (χ1) is 6.18. The highest BCUT2D eigenvalue weighted by molar-refractivity contribution is 6.34. The van der Waals surface area contributed by atoms with Crippen molar-refractivity contribution in [3.63, 3.8) is 0 Å². The number of H-pyrrole nitrogens is 1. The second-order valence-corrected chi connectivity index (χ2v) is 3.02. The molecule has 1 aromatic heterocycles. The topological polar surface area (TPSA) is 71.8 Å². The van der Waals surface area contributed by atoms with Crippen molar-refractivity contribution in [3.05, 3.63) is 29.0 Å². The molecule has 0 atom stereocenters. The van der Waals surface area contributed by atoms with Crippen molar-refractivity contribution < 1.29 is 4.79 Å². The minimum Gasteiger partial charge on any atom is -0.366 e. The van der Waals surface area contributed by atoms with Gasteiger partial charge >= 0.3 is 0 Å². The lowest BCUT2D eigenvalue weighted by Crippen LogP contribution is -2.11. The van der Waals surface area contributed by atoms with Crippen LogP contribution in [0.25, 0.3) is 11.0 Å². The maximum atomic E-state index is 10.9. The van der Waals surface area contributed by atoms with E-state index in [9.17, 15) is 4.79 Å². The van der Waals surface area contributed by atoms with Gasteiger partial charge in [0.1, 0.15) is 0 Å². The minimum absolute atomic E-state index is 0.293. The maximum absolute atomic E-state index is 10.9. The number of aromatic nitrogens is 2. The number of benzene rings is 1. The van der Waals surface area contributed by atoms with Crippen LogP contribution in [-0.2, 0) is 0 Å². The molecule has 5 heteroatoms. The molecule has 1 amide bonds. The van der Waals surface area contributed by atoms with Gasteiger partial charge in [-0.2, -0.15) is 0 Å². The molecule has 13 heavy (non-hydrogen) atoms.